The summed E-state index contributed by atoms with van der Waals surface area (Å²) in [6.45, 7) is 0. The molecule has 0 aliphatic heterocycles. The molecule has 2 aromatic carbocycles. The van der Waals surface area contributed by atoms with Gasteiger partial charge in [-0.25, -0.2) is 0 Å². The molecule has 0 saturated heterocycles. The third kappa shape index (κ3) is 2.73. The number of hydrogen-bond donors (Lipinski definition) is 3. The molecule has 0 amide bonds. The molecule has 5 nitrogen and oxygen atoms in total. The number of phenolic OH excluding ortho intramolecular Hbond substituents is 2. The summed E-state index contributed by atoms with van der Waals surface area (Å²) in [6, 6.07) is 9.85. The SMILES string of the molecule is COc1ccc(C(=O)[C@@H](O)c2ccc(O)cc2)c(O)c1. The summed E-state index contributed by atoms with van der Waals surface area (Å²) < 4.78 is 4.93. The smallest absolute Gasteiger partial charge is 0.199 e. The second-order valence-electron chi connectivity index (χ2n) is 4.24. The van der Waals surface area contributed by atoms with Crippen molar-refractivity contribution in [1.29, 1.82) is 0 Å². The van der Waals surface area contributed by atoms with E-state index >= 15 is 0 Å². The van der Waals surface area contributed by atoms with E-state index in [0.29, 0.717) is 11.3 Å². The average molecular weight is 274 g/mol. The number of phenols is 2. The molecule has 1 atom stereocenters. The van der Waals surface area contributed by atoms with Crippen molar-refractivity contribution in [3.05, 3.63) is 53.6 Å². The van der Waals surface area contributed by atoms with E-state index in [1.807, 2.05) is 0 Å². The molecule has 0 unspecified atom stereocenters. The molecule has 0 aliphatic carbocycles. The number of benzene rings is 2. The quantitative estimate of drug-likeness (QED) is 0.742. The minimum Gasteiger partial charge on any atom is -0.508 e. The van der Waals surface area contributed by atoms with Crippen LogP contribution in [-0.4, -0.2) is 28.2 Å². The molecular weight excluding hydrogens is 260 g/mol. The molecule has 0 aromatic heterocycles. The van der Waals surface area contributed by atoms with Crippen LogP contribution >= 0.6 is 0 Å². The lowest BCUT2D eigenvalue weighted by molar-refractivity contribution is 0.0744. The van der Waals surface area contributed by atoms with Gasteiger partial charge in [0.2, 0.25) is 0 Å². The number of carbonyl (C=O) groups excluding carboxylic acids is 1. The number of rotatable bonds is 4. The van der Waals surface area contributed by atoms with Crippen LogP contribution in [0.3, 0.4) is 0 Å². The van der Waals surface area contributed by atoms with Gasteiger partial charge in [-0.3, -0.25) is 4.79 Å². The fourth-order valence-corrected chi connectivity index (χ4v) is 1.80. The molecule has 0 aliphatic rings. The highest BCUT2D eigenvalue weighted by Gasteiger charge is 2.22. The fourth-order valence-electron chi connectivity index (χ4n) is 1.80. The first-order chi connectivity index (χ1) is 9.52. The minimum absolute atomic E-state index is 0.00590. The monoisotopic (exact) mass is 274 g/mol. The Bertz CT molecular complexity index is 619. The van der Waals surface area contributed by atoms with Crippen molar-refractivity contribution in [3.8, 4) is 17.2 Å². The Hall–Kier alpha value is -2.53. The number of carbonyl (C=O) groups is 1. The van der Waals surface area contributed by atoms with Gasteiger partial charge in [0.1, 0.15) is 23.4 Å². The van der Waals surface area contributed by atoms with Crippen molar-refractivity contribution in [2.45, 2.75) is 6.10 Å². The van der Waals surface area contributed by atoms with Crippen LogP contribution in [0.25, 0.3) is 0 Å². The summed E-state index contributed by atoms with van der Waals surface area (Å²) in [7, 11) is 1.45. The van der Waals surface area contributed by atoms with Crippen LogP contribution in [0.15, 0.2) is 42.5 Å². The van der Waals surface area contributed by atoms with Crippen molar-refractivity contribution >= 4 is 5.78 Å². The van der Waals surface area contributed by atoms with Crippen molar-refractivity contribution in [2.24, 2.45) is 0 Å². The Balaban J connectivity index is 2.28. The van der Waals surface area contributed by atoms with Gasteiger partial charge in [0.15, 0.2) is 5.78 Å². The first-order valence-corrected chi connectivity index (χ1v) is 5.91. The van der Waals surface area contributed by atoms with E-state index in [0.717, 1.165) is 0 Å². The molecule has 104 valence electrons. The molecule has 0 bridgehead atoms. The zero-order valence-electron chi connectivity index (χ0n) is 10.8. The highest BCUT2D eigenvalue weighted by molar-refractivity contribution is 6.02. The maximum Gasteiger partial charge on any atom is 0.199 e. The number of aliphatic hydroxyl groups is 1. The number of Topliss-reactive ketones (excluding diaryl/α,β-unsaturated/α-hetero) is 1. The number of aromatic hydroxyl groups is 2. The lowest BCUT2D eigenvalue weighted by Crippen LogP contribution is -2.12. The predicted molar refractivity (Wildman–Crippen MR) is 72.1 cm³/mol. The summed E-state index contributed by atoms with van der Waals surface area (Å²) in [5.41, 5.74) is 0.342. The molecule has 0 fully saturated rings. The first-order valence-electron chi connectivity index (χ1n) is 5.91. The fraction of sp³-hybridized carbons (Fsp3) is 0.133. The van der Waals surface area contributed by atoms with Gasteiger partial charge in [0, 0.05) is 6.07 Å². The normalized spacial score (nSPS) is 11.9. The highest BCUT2D eigenvalue weighted by Crippen LogP contribution is 2.28. The largest absolute Gasteiger partial charge is 0.508 e. The molecular formula is C15H14O5. The second-order valence-corrected chi connectivity index (χ2v) is 4.24. The topological polar surface area (TPSA) is 87.0 Å². The summed E-state index contributed by atoms with van der Waals surface area (Å²) >= 11 is 0. The molecule has 0 heterocycles. The van der Waals surface area contributed by atoms with Crippen LogP contribution in [0.1, 0.15) is 22.0 Å². The standard InChI is InChI=1S/C15H14O5/c1-20-11-6-7-12(13(17)8-11)15(19)14(18)9-2-4-10(16)5-3-9/h2-8,14,16-18H,1H3/t14-/m0/s1. The van der Waals surface area contributed by atoms with Crippen molar-refractivity contribution in [2.75, 3.05) is 7.11 Å². The van der Waals surface area contributed by atoms with E-state index in [4.69, 9.17) is 4.74 Å². The molecule has 5 heteroatoms. The molecule has 3 N–H and O–H groups in total. The first kappa shape index (κ1) is 13.9. The minimum atomic E-state index is -1.41. The summed E-state index contributed by atoms with van der Waals surface area (Å²) in [6.07, 6.45) is -1.41. The van der Waals surface area contributed by atoms with Crippen LogP contribution in [0.5, 0.6) is 17.2 Å². The van der Waals surface area contributed by atoms with Crippen molar-refractivity contribution in [3.63, 3.8) is 0 Å². The average Bonchev–Trinajstić information content (AvgIpc) is 2.46. The molecule has 2 rings (SSSR count). The van der Waals surface area contributed by atoms with Gasteiger partial charge in [0.25, 0.3) is 0 Å². The zero-order valence-corrected chi connectivity index (χ0v) is 10.8. The number of hydrogen-bond acceptors (Lipinski definition) is 5. The van der Waals surface area contributed by atoms with E-state index in [-0.39, 0.29) is 17.1 Å². The summed E-state index contributed by atoms with van der Waals surface area (Å²) in [5.74, 6) is -0.429. The third-order valence-electron chi connectivity index (χ3n) is 2.93. The maximum atomic E-state index is 12.1. The highest BCUT2D eigenvalue weighted by atomic mass is 16.5. The third-order valence-corrected chi connectivity index (χ3v) is 2.93. The van der Waals surface area contributed by atoms with Gasteiger partial charge in [-0.1, -0.05) is 12.1 Å². The van der Waals surface area contributed by atoms with E-state index in [2.05, 4.69) is 0 Å². The molecule has 0 saturated carbocycles. The molecule has 20 heavy (non-hydrogen) atoms. The molecule has 0 radical (unpaired) electrons. The van der Waals surface area contributed by atoms with Crippen LogP contribution in [0.4, 0.5) is 0 Å². The van der Waals surface area contributed by atoms with Gasteiger partial charge < -0.3 is 20.1 Å². The number of aliphatic hydroxyl groups excluding tert-OH is 1. The number of methoxy groups -OCH3 is 1. The van der Waals surface area contributed by atoms with Crippen LogP contribution < -0.4 is 4.74 Å². The van der Waals surface area contributed by atoms with Gasteiger partial charge in [-0.2, -0.15) is 0 Å². The molecule has 2 aromatic rings. The van der Waals surface area contributed by atoms with E-state index in [9.17, 15) is 20.1 Å². The van der Waals surface area contributed by atoms with E-state index < -0.39 is 11.9 Å². The van der Waals surface area contributed by atoms with E-state index in [1.165, 1.54) is 49.6 Å². The lowest BCUT2D eigenvalue weighted by Gasteiger charge is -2.12. The van der Waals surface area contributed by atoms with E-state index in [1.54, 1.807) is 0 Å². The van der Waals surface area contributed by atoms with Crippen LogP contribution in [0.2, 0.25) is 0 Å². The Morgan fingerprint density at radius 2 is 1.75 bits per heavy atom. The summed E-state index contributed by atoms with van der Waals surface area (Å²) in [5, 5.41) is 29.0. The van der Waals surface area contributed by atoms with Gasteiger partial charge >= 0.3 is 0 Å². The zero-order chi connectivity index (χ0) is 14.7. The van der Waals surface area contributed by atoms with Gasteiger partial charge in [-0.05, 0) is 29.8 Å². The molecule has 0 spiro atoms. The maximum absolute atomic E-state index is 12.1. The van der Waals surface area contributed by atoms with Crippen LogP contribution in [-0.2, 0) is 0 Å². The number of ether oxygens (including phenoxy) is 1. The Labute approximate surface area is 115 Å². The van der Waals surface area contributed by atoms with Crippen LogP contribution in [0, 0.1) is 0 Å². The lowest BCUT2D eigenvalue weighted by atomic mass is 9.99. The number of ketones is 1. The van der Waals surface area contributed by atoms with Crippen molar-refractivity contribution < 1.29 is 24.9 Å². The Kier molecular flexibility index (Phi) is 3.91. The second kappa shape index (κ2) is 5.63. The summed E-state index contributed by atoms with van der Waals surface area (Å²) in [4.78, 5) is 12.1. The Morgan fingerprint density at radius 3 is 2.30 bits per heavy atom. The van der Waals surface area contributed by atoms with Crippen molar-refractivity contribution in [1.82, 2.24) is 0 Å². The Morgan fingerprint density at radius 1 is 1.10 bits per heavy atom. The van der Waals surface area contributed by atoms with Gasteiger partial charge in [-0.15, -0.1) is 0 Å². The predicted octanol–water partition coefficient (Wildman–Crippen LogP) is 2.02. The van der Waals surface area contributed by atoms with Gasteiger partial charge in [0.05, 0.1) is 12.7 Å².